The number of alkyl halides is 1. The first-order valence-corrected chi connectivity index (χ1v) is 12.5. The number of ether oxygens (including phenoxy) is 1. The van der Waals surface area contributed by atoms with Gasteiger partial charge in [-0.25, -0.2) is 4.39 Å². The van der Waals surface area contributed by atoms with Gasteiger partial charge in [0.25, 0.3) is 0 Å². The van der Waals surface area contributed by atoms with Crippen molar-refractivity contribution in [2.24, 2.45) is 5.41 Å². The number of likely N-dealkylation sites (tertiary alicyclic amines) is 1. The number of aliphatic hydroxyl groups excluding tert-OH is 1. The molecule has 3 rings (SSSR count). The van der Waals surface area contributed by atoms with Crippen molar-refractivity contribution in [1.29, 1.82) is 0 Å². The molecule has 0 bridgehead atoms. The Morgan fingerprint density at radius 1 is 1.22 bits per heavy atom. The van der Waals surface area contributed by atoms with Crippen molar-refractivity contribution < 1.29 is 14.2 Å². The molecule has 1 aromatic heterocycles. The minimum atomic E-state index is -1.21. The Kier molecular flexibility index (Phi) is 9.57. The summed E-state index contributed by atoms with van der Waals surface area (Å²) in [5.74, 6) is 0.656. The molecule has 2 aromatic rings. The van der Waals surface area contributed by atoms with Crippen LogP contribution in [0, 0.1) is 5.41 Å². The SMILES string of the molecule is CCCCCCCN1CCC(CO)(CCC(F)c2c(Cl)cnc3ccc(OC)cc23)CC1. The minimum Gasteiger partial charge on any atom is -0.497 e. The summed E-state index contributed by atoms with van der Waals surface area (Å²) in [6.45, 7) is 5.46. The average molecular weight is 465 g/mol. The van der Waals surface area contributed by atoms with Gasteiger partial charge in [-0.1, -0.05) is 44.2 Å². The molecule has 0 radical (unpaired) electrons. The number of unbranched alkanes of at least 4 members (excludes halogenated alkanes) is 4. The number of hydrogen-bond donors (Lipinski definition) is 1. The van der Waals surface area contributed by atoms with E-state index in [0.29, 0.717) is 40.1 Å². The summed E-state index contributed by atoms with van der Waals surface area (Å²) in [6, 6.07) is 5.45. The lowest BCUT2D eigenvalue weighted by Gasteiger charge is -2.41. The second kappa shape index (κ2) is 12.2. The Labute approximate surface area is 197 Å². The van der Waals surface area contributed by atoms with E-state index in [1.54, 1.807) is 13.2 Å². The number of nitrogens with zero attached hydrogens (tertiary/aromatic N) is 2. The van der Waals surface area contributed by atoms with Crippen LogP contribution >= 0.6 is 11.6 Å². The number of hydrogen-bond acceptors (Lipinski definition) is 4. The van der Waals surface area contributed by atoms with Crippen molar-refractivity contribution in [3.05, 3.63) is 35.0 Å². The average Bonchev–Trinajstić information content (AvgIpc) is 2.82. The second-order valence-corrected chi connectivity index (χ2v) is 9.73. The van der Waals surface area contributed by atoms with Crippen LogP contribution in [-0.2, 0) is 0 Å². The number of fused-ring (bicyclic) bond motifs is 1. The van der Waals surface area contributed by atoms with Crippen molar-refractivity contribution >= 4 is 22.5 Å². The summed E-state index contributed by atoms with van der Waals surface area (Å²) in [5, 5.41) is 11.2. The highest BCUT2D eigenvalue weighted by Crippen LogP contribution is 2.41. The summed E-state index contributed by atoms with van der Waals surface area (Å²) >= 11 is 6.38. The highest BCUT2D eigenvalue weighted by atomic mass is 35.5. The van der Waals surface area contributed by atoms with E-state index in [9.17, 15) is 5.11 Å². The van der Waals surface area contributed by atoms with Crippen LogP contribution in [0.2, 0.25) is 5.02 Å². The Bertz CT molecular complexity index is 855. The van der Waals surface area contributed by atoms with Crippen LogP contribution in [0.25, 0.3) is 10.9 Å². The van der Waals surface area contributed by atoms with E-state index in [4.69, 9.17) is 16.3 Å². The van der Waals surface area contributed by atoms with Crippen molar-refractivity contribution in [2.45, 2.75) is 70.9 Å². The van der Waals surface area contributed by atoms with Crippen LogP contribution in [0.4, 0.5) is 4.39 Å². The summed E-state index contributed by atoms with van der Waals surface area (Å²) in [4.78, 5) is 6.83. The van der Waals surface area contributed by atoms with Gasteiger partial charge in [0.15, 0.2) is 0 Å². The van der Waals surface area contributed by atoms with E-state index < -0.39 is 6.17 Å². The summed E-state index contributed by atoms with van der Waals surface area (Å²) in [7, 11) is 1.59. The zero-order valence-electron chi connectivity index (χ0n) is 19.6. The van der Waals surface area contributed by atoms with Gasteiger partial charge >= 0.3 is 0 Å². The molecule has 0 spiro atoms. The summed E-state index contributed by atoms with van der Waals surface area (Å²) in [5.41, 5.74) is 0.987. The highest BCUT2D eigenvalue weighted by molar-refractivity contribution is 6.32. The number of rotatable bonds is 12. The van der Waals surface area contributed by atoms with Gasteiger partial charge < -0.3 is 14.7 Å². The molecule has 1 saturated heterocycles. The third-order valence-corrected chi connectivity index (χ3v) is 7.44. The number of pyridine rings is 1. The fourth-order valence-electron chi connectivity index (χ4n) is 4.87. The molecule has 1 fully saturated rings. The highest BCUT2D eigenvalue weighted by Gasteiger charge is 2.35. The Hall–Kier alpha value is -1.43. The van der Waals surface area contributed by atoms with Crippen LogP contribution in [0.1, 0.15) is 76.4 Å². The molecule has 0 saturated carbocycles. The molecule has 6 heteroatoms. The zero-order valence-corrected chi connectivity index (χ0v) is 20.3. The van der Waals surface area contributed by atoms with Crippen molar-refractivity contribution in [3.8, 4) is 5.75 Å². The zero-order chi connectivity index (χ0) is 23.0. The number of methoxy groups -OCH3 is 1. The Balaban J connectivity index is 1.59. The van der Waals surface area contributed by atoms with Crippen LogP contribution in [-0.4, -0.2) is 48.3 Å². The largest absolute Gasteiger partial charge is 0.497 e. The van der Waals surface area contributed by atoms with Crippen molar-refractivity contribution in [2.75, 3.05) is 33.4 Å². The standard InChI is InChI=1S/C26H38ClFN2O2/c1-3-4-5-6-7-14-30-15-12-26(19-31,13-16-30)11-10-23(28)25-21-17-20(32-2)8-9-24(21)29-18-22(25)27/h8-9,17-18,23,31H,3-7,10-16,19H2,1-2H3. The molecule has 1 unspecified atom stereocenters. The van der Waals surface area contributed by atoms with Gasteiger partial charge in [-0.05, 0) is 75.4 Å². The van der Waals surface area contributed by atoms with E-state index >= 15 is 4.39 Å². The summed E-state index contributed by atoms with van der Waals surface area (Å²) in [6.07, 6.45) is 9.61. The smallest absolute Gasteiger partial charge is 0.127 e. The third-order valence-electron chi connectivity index (χ3n) is 7.14. The molecule has 1 N–H and O–H groups in total. The number of benzene rings is 1. The van der Waals surface area contributed by atoms with E-state index in [0.717, 1.165) is 32.5 Å². The van der Waals surface area contributed by atoms with Gasteiger partial charge in [-0.3, -0.25) is 4.98 Å². The lowest BCUT2D eigenvalue weighted by Crippen LogP contribution is -2.42. The predicted octanol–water partition coefficient (Wildman–Crippen LogP) is 6.73. The molecule has 0 aliphatic carbocycles. The van der Waals surface area contributed by atoms with E-state index in [1.807, 2.05) is 12.1 Å². The fraction of sp³-hybridized carbons (Fsp3) is 0.654. The third kappa shape index (κ3) is 6.33. The summed E-state index contributed by atoms with van der Waals surface area (Å²) < 4.78 is 20.8. The molecule has 1 aromatic carbocycles. The monoisotopic (exact) mass is 464 g/mol. The molecular weight excluding hydrogens is 427 g/mol. The molecular formula is C26H38ClFN2O2. The molecule has 32 heavy (non-hydrogen) atoms. The second-order valence-electron chi connectivity index (χ2n) is 9.32. The number of piperidine rings is 1. The maximum Gasteiger partial charge on any atom is 0.127 e. The molecule has 1 aliphatic heterocycles. The first kappa shape index (κ1) is 25.2. The number of aromatic nitrogens is 1. The maximum atomic E-state index is 15.5. The first-order valence-electron chi connectivity index (χ1n) is 12.1. The Morgan fingerprint density at radius 2 is 1.97 bits per heavy atom. The van der Waals surface area contributed by atoms with E-state index in [2.05, 4.69) is 16.8 Å². The van der Waals surface area contributed by atoms with Crippen LogP contribution in [0.3, 0.4) is 0 Å². The normalized spacial score (nSPS) is 17.5. The van der Waals surface area contributed by atoms with Gasteiger partial charge in [0, 0.05) is 23.8 Å². The van der Waals surface area contributed by atoms with Gasteiger partial charge in [0.05, 0.1) is 17.6 Å². The quantitative estimate of drug-likeness (QED) is 0.353. The van der Waals surface area contributed by atoms with Gasteiger partial charge in [-0.15, -0.1) is 0 Å². The van der Waals surface area contributed by atoms with Gasteiger partial charge in [-0.2, -0.15) is 0 Å². The van der Waals surface area contributed by atoms with E-state index in [-0.39, 0.29) is 12.0 Å². The van der Waals surface area contributed by atoms with Crippen molar-refractivity contribution in [1.82, 2.24) is 9.88 Å². The lowest BCUT2D eigenvalue weighted by molar-refractivity contribution is 0.0298. The maximum absolute atomic E-state index is 15.5. The Morgan fingerprint density at radius 3 is 2.66 bits per heavy atom. The topological polar surface area (TPSA) is 45.6 Å². The molecule has 0 amide bonds. The lowest BCUT2D eigenvalue weighted by atomic mass is 9.74. The number of halogens is 2. The molecule has 1 aliphatic rings. The molecule has 2 heterocycles. The van der Waals surface area contributed by atoms with Gasteiger partial charge in [0.1, 0.15) is 11.9 Å². The molecule has 1 atom stereocenters. The van der Waals surface area contributed by atoms with E-state index in [1.165, 1.54) is 38.3 Å². The first-order chi connectivity index (χ1) is 15.5. The molecule has 178 valence electrons. The number of aliphatic hydroxyl groups is 1. The van der Waals surface area contributed by atoms with Crippen molar-refractivity contribution in [3.63, 3.8) is 0 Å². The molecule has 4 nitrogen and oxygen atoms in total. The van der Waals surface area contributed by atoms with Crippen LogP contribution in [0.15, 0.2) is 24.4 Å². The predicted molar refractivity (Wildman–Crippen MR) is 130 cm³/mol. The fourth-order valence-corrected chi connectivity index (χ4v) is 5.14. The minimum absolute atomic E-state index is 0.114. The van der Waals surface area contributed by atoms with Crippen LogP contribution in [0.5, 0.6) is 5.75 Å². The van der Waals surface area contributed by atoms with Crippen LogP contribution < -0.4 is 4.74 Å². The van der Waals surface area contributed by atoms with Gasteiger partial charge in [0.2, 0.25) is 0 Å².